The van der Waals surface area contributed by atoms with E-state index in [0.29, 0.717) is 12.4 Å². The molecule has 0 atom stereocenters. The summed E-state index contributed by atoms with van der Waals surface area (Å²) >= 11 is 1.61. The number of carbonyl (C=O) groups excluding carboxylic acids is 1. The Kier molecular flexibility index (Phi) is 5.66. The van der Waals surface area contributed by atoms with Crippen molar-refractivity contribution in [2.45, 2.75) is 20.3 Å². The molecule has 140 valence electrons. The van der Waals surface area contributed by atoms with E-state index in [-0.39, 0.29) is 18.9 Å². The minimum absolute atomic E-state index is 0.155. The van der Waals surface area contributed by atoms with Crippen molar-refractivity contribution in [2.24, 2.45) is 0 Å². The number of carbonyl (C=O) groups is 2. The van der Waals surface area contributed by atoms with Crippen LogP contribution in [-0.2, 0) is 9.59 Å². The number of aromatic nitrogens is 2. The summed E-state index contributed by atoms with van der Waals surface area (Å²) in [5, 5.41) is 15.1. The van der Waals surface area contributed by atoms with Crippen molar-refractivity contribution in [1.29, 1.82) is 0 Å². The molecule has 1 amide bonds. The van der Waals surface area contributed by atoms with Gasteiger partial charge in [0.1, 0.15) is 23.5 Å². The van der Waals surface area contributed by atoms with E-state index in [9.17, 15) is 9.59 Å². The fraction of sp³-hybridized carbons (Fsp3) is 0.263. The monoisotopic (exact) mass is 384 g/mol. The number of carboxylic acid groups (broad SMARTS) is 1. The molecule has 0 aliphatic heterocycles. The first-order valence-electron chi connectivity index (χ1n) is 8.49. The molecule has 0 fully saturated rings. The standard InChI is InChI=1S/C19H20N4O3S/c1-11-3-5-13(6-4-11)16-12(2)27-19-17(16)18(22-10-23-19)20-8-7-14(24)21-9-15(25)26/h3-6,10H,7-9H2,1-2H3,(H,21,24)(H,25,26)(H,20,22,23). The van der Waals surface area contributed by atoms with Gasteiger partial charge in [-0.05, 0) is 19.4 Å². The first-order valence-corrected chi connectivity index (χ1v) is 9.31. The Labute approximate surface area is 160 Å². The lowest BCUT2D eigenvalue weighted by Crippen LogP contribution is -2.30. The van der Waals surface area contributed by atoms with Crippen LogP contribution in [0.15, 0.2) is 30.6 Å². The van der Waals surface area contributed by atoms with Crippen molar-refractivity contribution in [3.05, 3.63) is 41.0 Å². The number of benzene rings is 1. The van der Waals surface area contributed by atoms with E-state index in [1.807, 2.05) is 6.92 Å². The van der Waals surface area contributed by atoms with Crippen molar-refractivity contribution >= 4 is 39.2 Å². The molecule has 27 heavy (non-hydrogen) atoms. The molecule has 3 rings (SSSR count). The second kappa shape index (κ2) is 8.13. The maximum absolute atomic E-state index is 11.7. The van der Waals surface area contributed by atoms with Crippen LogP contribution in [0.25, 0.3) is 21.3 Å². The van der Waals surface area contributed by atoms with E-state index in [4.69, 9.17) is 5.11 Å². The van der Waals surface area contributed by atoms with Gasteiger partial charge in [0.05, 0.1) is 5.39 Å². The van der Waals surface area contributed by atoms with Crippen LogP contribution >= 0.6 is 11.3 Å². The van der Waals surface area contributed by atoms with Crippen LogP contribution in [0.3, 0.4) is 0 Å². The molecular formula is C19H20N4O3S. The highest BCUT2D eigenvalue weighted by atomic mass is 32.1. The number of carboxylic acids is 1. The van der Waals surface area contributed by atoms with Crippen molar-refractivity contribution in [2.75, 3.05) is 18.4 Å². The van der Waals surface area contributed by atoms with Crippen LogP contribution in [0.4, 0.5) is 5.82 Å². The van der Waals surface area contributed by atoms with E-state index >= 15 is 0 Å². The summed E-state index contributed by atoms with van der Waals surface area (Å²) in [6.07, 6.45) is 1.66. The predicted molar refractivity (Wildman–Crippen MR) is 106 cm³/mol. The van der Waals surface area contributed by atoms with Gasteiger partial charge in [0, 0.05) is 23.4 Å². The maximum atomic E-state index is 11.7. The molecule has 0 radical (unpaired) electrons. The molecule has 0 aliphatic carbocycles. The van der Waals surface area contributed by atoms with Gasteiger partial charge in [-0.1, -0.05) is 29.8 Å². The molecule has 7 nitrogen and oxygen atoms in total. The maximum Gasteiger partial charge on any atom is 0.322 e. The van der Waals surface area contributed by atoms with E-state index in [1.54, 1.807) is 11.3 Å². The zero-order valence-electron chi connectivity index (χ0n) is 15.1. The molecule has 0 saturated carbocycles. The fourth-order valence-corrected chi connectivity index (χ4v) is 3.82. The third-order valence-corrected chi connectivity index (χ3v) is 5.10. The molecule has 1 aromatic carbocycles. The van der Waals surface area contributed by atoms with Gasteiger partial charge >= 0.3 is 5.97 Å². The summed E-state index contributed by atoms with van der Waals surface area (Å²) in [7, 11) is 0. The normalized spacial score (nSPS) is 10.7. The average molecular weight is 384 g/mol. The number of anilines is 1. The largest absolute Gasteiger partial charge is 0.480 e. The van der Waals surface area contributed by atoms with Gasteiger partial charge in [0.2, 0.25) is 5.91 Å². The summed E-state index contributed by atoms with van der Waals surface area (Å²) < 4.78 is 0. The van der Waals surface area contributed by atoms with Crippen LogP contribution in [0.5, 0.6) is 0 Å². The molecule has 0 aliphatic rings. The number of hydrogen-bond acceptors (Lipinski definition) is 6. The summed E-state index contributed by atoms with van der Waals surface area (Å²) in [5.41, 5.74) is 3.38. The zero-order chi connectivity index (χ0) is 19.4. The van der Waals surface area contributed by atoms with Crippen LogP contribution in [0.1, 0.15) is 16.9 Å². The Morgan fingerprint density at radius 3 is 2.59 bits per heavy atom. The lowest BCUT2D eigenvalue weighted by molar-refractivity contribution is -0.137. The Bertz CT molecular complexity index is 983. The van der Waals surface area contributed by atoms with Gasteiger partial charge in [-0.25, -0.2) is 9.97 Å². The minimum atomic E-state index is -1.06. The molecule has 8 heteroatoms. The number of aryl methyl sites for hydroxylation is 2. The van der Waals surface area contributed by atoms with Gasteiger partial charge < -0.3 is 15.7 Å². The SMILES string of the molecule is Cc1ccc(-c2c(C)sc3ncnc(NCCC(=O)NCC(=O)O)c23)cc1. The molecule has 0 spiro atoms. The highest BCUT2D eigenvalue weighted by Gasteiger charge is 2.16. The number of fused-ring (bicyclic) bond motifs is 1. The summed E-state index contributed by atoms with van der Waals surface area (Å²) in [5.74, 6) is -0.716. The van der Waals surface area contributed by atoms with Crippen molar-refractivity contribution < 1.29 is 14.7 Å². The van der Waals surface area contributed by atoms with Crippen LogP contribution < -0.4 is 10.6 Å². The fourth-order valence-electron chi connectivity index (χ4n) is 2.80. The number of hydrogen-bond donors (Lipinski definition) is 3. The van der Waals surface area contributed by atoms with E-state index in [1.165, 1.54) is 11.9 Å². The highest BCUT2D eigenvalue weighted by molar-refractivity contribution is 7.19. The first kappa shape index (κ1) is 18.8. The topological polar surface area (TPSA) is 104 Å². The Balaban J connectivity index is 1.83. The van der Waals surface area contributed by atoms with Crippen LogP contribution in [0.2, 0.25) is 0 Å². The smallest absolute Gasteiger partial charge is 0.322 e. The molecular weight excluding hydrogens is 364 g/mol. The van der Waals surface area contributed by atoms with Crippen molar-refractivity contribution in [3.63, 3.8) is 0 Å². The van der Waals surface area contributed by atoms with Gasteiger partial charge in [0.25, 0.3) is 0 Å². The average Bonchev–Trinajstić information content (AvgIpc) is 2.97. The van der Waals surface area contributed by atoms with Crippen molar-refractivity contribution in [1.82, 2.24) is 15.3 Å². The number of thiophene rings is 1. The number of rotatable bonds is 7. The van der Waals surface area contributed by atoms with Gasteiger partial charge in [-0.3, -0.25) is 9.59 Å². The first-order chi connectivity index (χ1) is 13.0. The van der Waals surface area contributed by atoms with Crippen molar-refractivity contribution in [3.8, 4) is 11.1 Å². The van der Waals surface area contributed by atoms with E-state index in [0.717, 1.165) is 26.2 Å². The highest BCUT2D eigenvalue weighted by Crippen LogP contribution is 2.40. The van der Waals surface area contributed by atoms with Crippen LogP contribution in [-0.4, -0.2) is 40.0 Å². The molecule has 3 aromatic rings. The molecule has 3 N–H and O–H groups in total. The second-order valence-electron chi connectivity index (χ2n) is 6.15. The summed E-state index contributed by atoms with van der Waals surface area (Å²) in [6.45, 7) is 4.08. The van der Waals surface area contributed by atoms with Crippen LogP contribution in [0, 0.1) is 13.8 Å². The summed E-state index contributed by atoms with van der Waals surface area (Å²) in [4.78, 5) is 32.9. The number of nitrogens with one attached hydrogen (secondary N) is 2. The molecule has 2 heterocycles. The third kappa shape index (κ3) is 4.40. The second-order valence-corrected chi connectivity index (χ2v) is 7.35. The van der Waals surface area contributed by atoms with Gasteiger partial charge in [-0.15, -0.1) is 11.3 Å². The predicted octanol–water partition coefficient (Wildman–Crippen LogP) is 2.98. The lowest BCUT2D eigenvalue weighted by atomic mass is 10.0. The molecule has 0 unspecified atom stereocenters. The summed E-state index contributed by atoms with van der Waals surface area (Å²) in [6, 6.07) is 8.31. The quantitative estimate of drug-likeness (QED) is 0.578. The number of aliphatic carboxylic acids is 1. The van der Waals surface area contributed by atoms with E-state index in [2.05, 4.69) is 51.8 Å². The van der Waals surface area contributed by atoms with Gasteiger partial charge in [-0.2, -0.15) is 0 Å². The van der Waals surface area contributed by atoms with Gasteiger partial charge in [0.15, 0.2) is 0 Å². The number of amides is 1. The molecule has 0 saturated heterocycles. The number of nitrogens with zero attached hydrogens (tertiary/aromatic N) is 2. The Hall–Kier alpha value is -3.00. The Morgan fingerprint density at radius 2 is 1.89 bits per heavy atom. The molecule has 0 bridgehead atoms. The Morgan fingerprint density at radius 1 is 1.15 bits per heavy atom. The third-order valence-electron chi connectivity index (χ3n) is 4.09. The minimum Gasteiger partial charge on any atom is -0.480 e. The molecule has 2 aromatic heterocycles. The van der Waals surface area contributed by atoms with E-state index < -0.39 is 5.97 Å². The zero-order valence-corrected chi connectivity index (χ0v) is 15.9. The lowest BCUT2D eigenvalue weighted by Gasteiger charge is -2.09.